The van der Waals surface area contributed by atoms with Crippen molar-refractivity contribution in [3.05, 3.63) is 59.7 Å². The number of aryl methyl sites for hydroxylation is 1. The van der Waals surface area contributed by atoms with Crippen LogP contribution in [0.1, 0.15) is 24.5 Å². The van der Waals surface area contributed by atoms with Gasteiger partial charge in [-0.15, -0.1) is 0 Å². The van der Waals surface area contributed by atoms with Crippen LogP contribution in [0.2, 0.25) is 0 Å². The van der Waals surface area contributed by atoms with Crippen LogP contribution in [0.5, 0.6) is 0 Å². The Bertz CT molecular complexity index is 841. The van der Waals surface area contributed by atoms with Crippen molar-refractivity contribution < 1.29 is 9.47 Å². The van der Waals surface area contributed by atoms with E-state index < -0.39 is 0 Å². The quantitative estimate of drug-likeness (QED) is 0.536. The number of rotatable bonds is 0. The van der Waals surface area contributed by atoms with Gasteiger partial charge in [0.05, 0.1) is 13.2 Å². The Morgan fingerprint density at radius 3 is 2.42 bits per heavy atom. The first kappa shape index (κ1) is 15.6. The third-order valence-corrected chi connectivity index (χ3v) is 5.13. The van der Waals surface area contributed by atoms with E-state index in [1.807, 2.05) is 0 Å². The monoisotopic (exact) mass is 320 g/mol. The van der Waals surface area contributed by atoms with E-state index in [9.17, 15) is 0 Å². The van der Waals surface area contributed by atoms with Crippen molar-refractivity contribution in [1.29, 1.82) is 0 Å². The Kier molecular flexibility index (Phi) is 4.50. The maximum Gasteiger partial charge on any atom is 0.146 e. The number of fused-ring (bicyclic) bond motifs is 5. The second-order valence-corrected chi connectivity index (χ2v) is 6.87. The van der Waals surface area contributed by atoms with Crippen LogP contribution in [-0.4, -0.2) is 20.0 Å². The van der Waals surface area contributed by atoms with Gasteiger partial charge in [0.1, 0.15) is 6.79 Å². The first-order valence-electron chi connectivity index (χ1n) is 8.90. The Balaban J connectivity index is 0.000000252. The molecule has 1 aliphatic carbocycles. The van der Waals surface area contributed by atoms with Gasteiger partial charge in [0.2, 0.25) is 0 Å². The van der Waals surface area contributed by atoms with E-state index in [0.29, 0.717) is 6.79 Å². The molecule has 124 valence electrons. The molecule has 24 heavy (non-hydrogen) atoms. The highest BCUT2D eigenvalue weighted by Crippen LogP contribution is 2.34. The fourth-order valence-electron chi connectivity index (χ4n) is 3.85. The number of benzene rings is 3. The maximum absolute atomic E-state index is 4.72. The summed E-state index contributed by atoms with van der Waals surface area (Å²) >= 11 is 0. The first-order valence-corrected chi connectivity index (χ1v) is 8.90. The van der Waals surface area contributed by atoms with Crippen molar-refractivity contribution in [2.24, 2.45) is 5.92 Å². The van der Waals surface area contributed by atoms with Crippen molar-refractivity contribution in [2.75, 3.05) is 20.0 Å². The first-order chi connectivity index (χ1) is 11.8. The molecule has 2 aliphatic rings. The Labute approximate surface area is 143 Å². The molecule has 1 fully saturated rings. The van der Waals surface area contributed by atoms with E-state index in [-0.39, 0.29) is 0 Å². The minimum absolute atomic E-state index is 0.500. The number of hydrogen-bond donors (Lipinski definition) is 0. The van der Waals surface area contributed by atoms with Gasteiger partial charge in [0, 0.05) is 0 Å². The summed E-state index contributed by atoms with van der Waals surface area (Å²) in [4.78, 5) is 0. The molecule has 1 heterocycles. The number of ether oxygens (including phenoxy) is 2. The van der Waals surface area contributed by atoms with Gasteiger partial charge in [0.25, 0.3) is 0 Å². The van der Waals surface area contributed by atoms with Crippen molar-refractivity contribution in [3.8, 4) is 0 Å². The zero-order valence-electron chi connectivity index (χ0n) is 14.3. The van der Waals surface area contributed by atoms with Crippen LogP contribution in [0, 0.1) is 5.92 Å². The fraction of sp³-hybridized carbons (Fsp3) is 0.364. The lowest BCUT2D eigenvalue weighted by molar-refractivity contribution is 0.0692. The predicted molar refractivity (Wildman–Crippen MR) is 99.4 cm³/mol. The Morgan fingerprint density at radius 1 is 0.833 bits per heavy atom. The van der Waals surface area contributed by atoms with Crippen LogP contribution in [0.3, 0.4) is 0 Å². The van der Waals surface area contributed by atoms with Gasteiger partial charge >= 0.3 is 0 Å². The molecule has 2 nitrogen and oxygen atoms in total. The van der Waals surface area contributed by atoms with Gasteiger partial charge < -0.3 is 9.47 Å². The third-order valence-electron chi connectivity index (χ3n) is 5.13. The highest BCUT2D eigenvalue weighted by molar-refractivity contribution is 6.08. The largest absolute Gasteiger partial charge is 0.353 e. The van der Waals surface area contributed by atoms with Crippen LogP contribution in [0.4, 0.5) is 0 Å². The van der Waals surface area contributed by atoms with E-state index in [2.05, 4.69) is 55.5 Å². The number of hydrogen-bond acceptors (Lipinski definition) is 2. The van der Waals surface area contributed by atoms with Crippen molar-refractivity contribution in [3.63, 3.8) is 0 Å². The maximum atomic E-state index is 4.72. The van der Waals surface area contributed by atoms with Gasteiger partial charge in [-0.05, 0) is 57.9 Å². The standard InChI is InChI=1S/C19H18.C3H6O2/c1-13-6-9-17-15(12-13)8-11-18-16-5-3-2-4-14(16)7-10-19(17)18;1-2-5-3-4-1/h2-5,7-8,10-11,13H,6,9,12H2,1H3;1-3H2. The average Bonchev–Trinajstić information content (AvgIpc) is 3.21. The molecule has 0 amide bonds. The van der Waals surface area contributed by atoms with Gasteiger partial charge in [-0.25, -0.2) is 0 Å². The molecule has 3 aromatic rings. The molecule has 2 heteroatoms. The second-order valence-electron chi connectivity index (χ2n) is 6.87. The van der Waals surface area contributed by atoms with Gasteiger partial charge in [-0.3, -0.25) is 0 Å². The van der Waals surface area contributed by atoms with Crippen LogP contribution in [0.15, 0.2) is 48.5 Å². The molecule has 5 rings (SSSR count). The summed E-state index contributed by atoms with van der Waals surface area (Å²) in [7, 11) is 0. The molecule has 1 atom stereocenters. The summed E-state index contributed by atoms with van der Waals surface area (Å²) in [6, 6.07) is 18.0. The van der Waals surface area contributed by atoms with Crippen LogP contribution in [0.25, 0.3) is 21.5 Å². The lowest BCUT2D eigenvalue weighted by Gasteiger charge is -2.23. The molecule has 1 aliphatic heterocycles. The molecule has 0 radical (unpaired) electrons. The van der Waals surface area contributed by atoms with Crippen LogP contribution >= 0.6 is 0 Å². The van der Waals surface area contributed by atoms with Gasteiger partial charge in [-0.1, -0.05) is 55.5 Å². The molecule has 1 unspecified atom stereocenters. The van der Waals surface area contributed by atoms with Gasteiger partial charge in [0.15, 0.2) is 0 Å². The molecular weight excluding hydrogens is 296 g/mol. The molecule has 1 saturated heterocycles. The molecule has 0 bridgehead atoms. The normalized spacial score (nSPS) is 19.8. The smallest absolute Gasteiger partial charge is 0.146 e. The molecular formula is C22H24O2. The van der Waals surface area contributed by atoms with E-state index in [4.69, 9.17) is 9.47 Å². The van der Waals surface area contributed by atoms with Crippen molar-refractivity contribution >= 4 is 21.5 Å². The van der Waals surface area contributed by atoms with Crippen molar-refractivity contribution in [1.82, 2.24) is 0 Å². The molecule has 0 saturated carbocycles. The Morgan fingerprint density at radius 2 is 1.62 bits per heavy atom. The van der Waals surface area contributed by atoms with E-state index in [1.54, 1.807) is 11.1 Å². The van der Waals surface area contributed by atoms with Gasteiger partial charge in [-0.2, -0.15) is 0 Å². The zero-order valence-corrected chi connectivity index (χ0v) is 14.3. The summed E-state index contributed by atoms with van der Waals surface area (Å²) in [5.74, 6) is 0.838. The highest BCUT2D eigenvalue weighted by atomic mass is 16.7. The van der Waals surface area contributed by atoms with E-state index >= 15 is 0 Å². The lowest BCUT2D eigenvalue weighted by Crippen LogP contribution is -2.11. The third kappa shape index (κ3) is 3.04. The SMILES string of the molecule is C1COCO1.CC1CCc2c(ccc3c2ccc2ccccc23)C1. The molecule has 0 aromatic heterocycles. The topological polar surface area (TPSA) is 18.5 Å². The summed E-state index contributed by atoms with van der Waals surface area (Å²) in [5.41, 5.74) is 3.17. The van der Waals surface area contributed by atoms with E-state index in [1.165, 1.54) is 40.8 Å². The van der Waals surface area contributed by atoms with Crippen molar-refractivity contribution in [2.45, 2.75) is 26.2 Å². The fourth-order valence-corrected chi connectivity index (χ4v) is 3.85. The Hall–Kier alpha value is -1.90. The zero-order chi connectivity index (χ0) is 16.4. The molecule has 0 N–H and O–H groups in total. The second kappa shape index (κ2) is 6.92. The predicted octanol–water partition coefficient (Wildman–Crippen LogP) is 5.11. The minimum Gasteiger partial charge on any atom is -0.353 e. The summed E-state index contributed by atoms with van der Waals surface area (Å²) in [6.07, 6.45) is 3.82. The summed E-state index contributed by atoms with van der Waals surface area (Å²) < 4.78 is 9.44. The lowest BCUT2D eigenvalue weighted by atomic mass is 9.82. The molecule has 0 spiro atoms. The van der Waals surface area contributed by atoms with Crippen LogP contribution < -0.4 is 0 Å². The van der Waals surface area contributed by atoms with Crippen LogP contribution in [-0.2, 0) is 22.3 Å². The summed E-state index contributed by atoms with van der Waals surface area (Å²) in [6.45, 7) is 4.42. The highest BCUT2D eigenvalue weighted by Gasteiger charge is 2.17. The van der Waals surface area contributed by atoms with E-state index in [0.717, 1.165) is 19.1 Å². The molecule has 3 aromatic carbocycles. The minimum atomic E-state index is 0.500. The average molecular weight is 320 g/mol. The summed E-state index contributed by atoms with van der Waals surface area (Å²) in [5, 5.41) is 5.63.